The van der Waals surface area contributed by atoms with Crippen molar-refractivity contribution in [1.82, 2.24) is 9.13 Å². The van der Waals surface area contributed by atoms with E-state index in [1.54, 1.807) is 0 Å². The number of para-hydroxylation sites is 6. The molecule has 0 unspecified atom stereocenters. The van der Waals surface area contributed by atoms with Crippen LogP contribution in [0.3, 0.4) is 0 Å². The molecule has 5 heteroatoms. The van der Waals surface area contributed by atoms with Gasteiger partial charge in [0.2, 0.25) is 0 Å². The zero-order valence-electron chi connectivity index (χ0n) is 55.5. The molecule has 496 valence electrons. The second-order valence-electron chi connectivity index (χ2n) is 25.0. The lowest BCUT2D eigenvalue weighted by Gasteiger charge is -2.26. The molecule has 1 N–H and O–H groups in total. The summed E-state index contributed by atoms with van der Waals surface area (Å²) in [6.07, 6.45) is 0. The van der Waals surface area contributed by atoms with Gasteiger partial charge in [0.25, 0.3) is 0 Å². The molecule has 0 radical (unpaired) electrons. The average Bonchev–Trinajstić information content (AvgIpc) is 1.61. The summed E-state index contributed by atoms with van der Waals surface area (Å²) in [7, 11) is 0. The fourth-order valence-corrected chi connectivity index (χ4v) is 14.1. The molecule has 0 aliphatic rings. The Labute approximate surface area is 613 Å². The van der Waals surface area contributed by atoms with E-state index in [1.165, 1.54) is 122 Å². The first-order chi connectivity index (χ1) is 50.0. The Kier molecular flexibility index (Phi) is 20.4. The van der Waals surface area contributed by atoms with Crippen LogP contribution < -0.4 is 10.2 Å². The molecule has 0 saturated heterocycles. The van der Waals surface area contributed by atoms with Crippen LogP contribution >= 0.6 is 15.9 Å². The molecule has 2 heterocycles. The Morgan fingerprint density at radius 2 is 0.427 bits per heavy atom. The van der Waals surface area contributed by atoms with Crippen molar-refractivity contribution in [3.8, 4) is 78.1 Å². The van der Waals surface area contributed by atoms with Gasteiger partial charge in [-0.05, 0) is 165 Å². The van der Waals surface area contributed by atoms with Gasteiger partial charge in [0.1, 0.15) is 0 Å². The fourth-order valence-electron chi connectivity index (χ4n) is 13.8. The number of nitrogens with one attached hydrogen (secondary N) is 1. The number of hydrogen-bond donors (Lipinski definition) is 1. The topological polar surface area (TPSA) is 25.1 Å². The Balaban J connectivity index is 0.000000149. The van der Waals surface area contributed by atoms with E-state index in [-0.39, 0.29) is 14.9 Å². The first-order valence-corrected chi connectivity index (χ1v) is 35.0. The van der Waals surface area contributed by atoms with Gasteiger partial charge in [-0.3, -0.25) is 0 Å². The molecular formula is C98H77BrN4. The number of hydrogen-bond acceptors (Lipinski definition) is 2. The third kappa shape index (κ3) is 14.4. The predicted molar refractivity (Wildman–Crippen MR) is 446 cm³/mol. The van der Waals surface area contributed by atoms with Gasteiger partial charge in [-0.1, -0.05) is 334 Å². The Bertz CT molecular complexity index is 5610. The molecule has 0 saturated carbocycles. The monoisotopic (exact) mass is 1390 g/mol. The molecule has 2 aromatic heterocycles. The largest absolute Gasteiger partial charge is 0.356 e. The summed E-state index contributed by atoms with van der Waals surface area (Å²) in [5, 5.41) is 8.62. The molecule has 0 aliphatic carbocycles. The van der Waals surface area contributed by atoms with Crippen molar-refractivity contribution in [2.24, 2.45) is 0 Å². The minimum absolute atomic E-state index is 0. The van der Waals surface area contributed by atoms with E-state index in [0.29, 0.717) is 0 Å². The first kappa shape index (κ1) is 67.4. The number of anilines is 5. The number of rotatable bonds is 13. The van der Waals surface area contributed by atoms with Crippen molar-refractivity contribution in [3.63, 3.8) is 0 Å². The highest BCUT2D eigenvalue weighted by molar-refractivity contribution is 9.10. The van der Waals surface area contributed by atoms with Crippen LogP contribution in [0.15, 0.2) is 417 Å². The Hall–Kier alpha value is -12.8. The van der Waals surface area contributed by atoms with Crippen molar-refractivity contribution in [2.45, 2.75) is 14.9 Å². The Morgan fingerprint density at radius 1 is 0.204 bits per heavy atom. The van der Waals surface area contributed by atoms with Gasteiger partial charge in [-0.2, -0.15) is 0 Å². The van der Waals surface area contributed by atoms with Crippen molar-refractivity contribution >= 4 is 88.0 Å². The normalized spacial score (nSPS) is 10.8. The summed E-state index contributed by atoms with van der Waals surface area (Å²) in [5.74, 6) is 0. The molecular weight excluding hydrogens is 1310 g/mol. The van der Waals surface area contributed by atoms with Crippen LogP contribution in [0.4, 0.5) is 28.4 Å². The van der Waals surface area contributed by atoms with E-state index in [0.717, 1.165) is 32.9 Å². The maximum absolute atomic E-state index is 3.55. The predicted octanol–water partition coefficient (Wildman–Crippen LogP) is 28.5. The summed E-state index contributed by atoms with van der Waals surface area (Å²) in [6.45, 7) is 0. The first-order valence-electron chi connectivity index (χ1n) is 34.2. The van der Waals surface area contributed by atoms with Crippen LogP contribution in [-0.2, 0) is 0 Å². The van der Waals surface area contributed by atoms with E-state index >= 15 is 0 Å². The zero-order valence-corrected chi connectivity index (χ0v) is 57.1. The van der Waals surface area contributed by atoms with Gasteiger partial charge in [0.15, 0.2) is 0 Å². The SMILES string of the molecule is Brc1ccc(-c2ccccc2)cc1.C.C.c1ccc(-c2ccc(N(c3ccc(-c4ccccc4)cc3)c3ccc(-c4ccccc4-n4c5ccccc5c5ccccc54)cc3)cc2)cc1.c1ccc(-c2ccc(Nc3ccc(-c4ccccc4-n4c5ccccc5c5ccccc54)cc3)cc2)cc1. The minimum Gasteiger partial charge on any atom is -0.356 e. The average molecular weight is 1390 g/mol. The molecule has 0 fully saturated rings. The number of halogens is 1. The summed E-state index contributed by atoms with van der Waals surface area (Å²) in [5.41, 5.74) is 27.2. The van der Waals surface area contributed by atoms with Gasteiger partial charge >= 0.3 is 0 Å². The van der Waals surface area contributed by atoms with E-state index in [4.69, 9.17) is 0 Å². The lowest BCUT2D eigenvalue weighted by molar-refractivity contribution is 1.18. The molecule has 0 amide bonds. The highest BCUT2D eigenvalue weighted by atomic mass is 79.9. The molecule has 18 rings (SSSR count). The van der Waals surface area contributed by atoms with Crippen molar-refractivity contribution in [1.29, 1.82) is 0 Å². The summed E-state index contributed by atoms with van der Waals surface area (Å²) in [6, 6.07) is 146. The lowest BCUT2D eigenvalue weighted by Crippen LogP contribution is -2.09. The number of benzene rings is 16. The van der Waals surface area contributed by atoms with Crippen LogP contribution in [0.1, 0.15) is 14.9 Å². The third-order valence-corrected chi connectivity index (χ3v) is 19.3. The number of aromatic nitrogens is 2. The van der Waals surface area contributed by atoms with E-state index in [9.17, 15) is 0 Å². The van der Waals surface area contributed by atoms with Gasteiger partial charge < -0.3 is 19.4 Å². The minimum atomic E-state index is 0. The molecule has 16 aromatic carbocycles. The molecule has 0 aliphatic heterocycles. The second kappa shape index (κ2) is 31.2. The van der Waals surface area contributed by atoms with Crippen LogP contribution in [-0.4, -0.2) is 9.13 Å². The highest BCUT2D eigenvalue weighted by Crippen LogP contribution is 2.42. The van der Waals surface area contributed by atoms with Crippen LogP contribution in [0.5, 0.6) is 0 Å². The molecule has 103 heavy (non-hydrogen) atoms. The maximum Gasteiger partial charge on any atom is 0.0541 e. The Morgan fingerprint density at radius 3 is 0.738 bits per heavy atom. The van der Waals surface area contributed by atoms with Crippen molar-refractivity contribution in [2.75, 3.05) is 10.2 Å². The zero-order chi connectivity index (χ0) is 67.7. The molecule has 18 aromatic rings. The van der Waals surface area contributed by atoms with Gasteiger partial charge in [-0.15, -0.1) is 0 Å². The smallest absolute Gasteiger partial charge is 0.0541 e. The number of fused-ring (bicyclic) bond motifs is 6. The van der Waals surface area contributed by atoms with Crippen molar-refractivity contribution in [3.05, 3.63) is 417 Å². The van der Waals surface area contributed by atoms with Gasteiger partial charge in [-0.25, -0.2) is 0 Å². The summed E-state index contributed by atoms with van der Waals surface area (Å²) < 4.78 is 5.91. The highest BCUT2D eigenvalue weighted by Gasteiger charge is 2.19. The van der Waals surface area contributed by atoms with Crippen LogP contribution in [0.25, 0.3) is 122 Å². The fraction of sp³-hybridized carbons (Fsp3) is 0.0204. The quantitative estimate of drug-likeness (QED) is 0.124. The summed E-state index contributed by atoms with van der Waals surface area (Å²) >= 11 is 3.42. The standard InChI is InChI=1S/C48H34N2.C36H26N2.C12H9Br.2CH4/c1-3-13-35(14-4-1)37-23-29-40(30-24-37)49(41-31-25-38(26-32-41)36-15-5-2-6-16-36)42-33-27-39(28-34-42)43-17-7-10-20-46(43)50-47-21-11-8-18-44(47)45-19-9-12-22-48(45)50;1-2-10-26(11-3-1)27-18-22-29(23-19-27)37-30-24-20-28(21-25-30)31-12-4-7-15-34(31)38-35-16-8-5-13-32(35)33-14-6-9-17-36(33)38;13-12-8-6-11(7-9-12)10-4-2-1-3-5-10;;/h1-34H;1-25,37H;1-9H;2*1H4. The van der Waals surface area contributed by atoms with E-state index in [1.807, 2.05) is 12.1 Å². The molecule has 0 bridgehead atoms. The molecule has 0 spiro atoms. The van der Waals surface area contributed by atoms with E-state index < -0.39 is 0 Å². The molecule has 0 atom stereocenters. The third-order valence-electron chi connectivity index (χ3n) is 18.8. The summed E-state index contributed by atoms with van der Waals surface area (Å²) in [4.78, 5) is 2.34. The van der Waals surface area contributed by atoms with E-state index in [2.05, 4.69) is 436 Å². The number of nitrogens with zero attached hydrogens (tertiary/aromatic N) is 3. The van der Waals surface area contributed by atoms with Gasteiger partial charge in [0, 0.05) is 65.6 Å². The maximum atomic E-state index is 3.55. The van der Waals surface area contributed by atoms with Crippen LogP contribution in [0.2, 0.25) is 0 Å². The van der Waals surface area contributed by atoms with Crippen molar-refractivity contribution < 1.29 is 0 Å². The van der Waals surface area contributed by atoms with Gasteiger partial charge in [0.05, 0.1) is 33.4 Å². The second-order valence-corrected chi connectivity index (χ2v) is 25.9. The molecule has 4 nitrogen and oxygen atoms in total. The van der Waals surface area contributed by atoms with Crippen LogP contribution in [0, 0.1) is 0 Å². The lowest BCUT2D eigenvalue weighted by atomic mass is 10.0.